The number of hydrogen-bond acceptors (Lipinski definition) is 10. The van der Waals surface area contributed by atoms with Crippen molar-refractivity contribution in [3.05, 3.63) is 356 Å². The van der Waals surface area contributed by atoms with E-state index in [-0.39, 0.29) is 5.41 Å². The van der Waals surface area contributed by atoms with E-state index < -0.39 is 30.8 Å². The van der Waals surface area contributed by atoms with E-state index in [1.807, 2.05) is 12.1 Å². The van der Waals surface area contributed by atoms with E-state index in [4.69, 9.17) is 37.9 Å². The minimum Gasteiger partial charge on any atom is -0.497 e. The van der Waals surface area contributed by atoms with Crippen molar-refractivity contribution in [1.29, 1.82) is 0 Å². The standard InChI is InChI=1S/C26H22O2Si.C20H17O2P.C18H24O2Si2.C15H14.C14H12O2S2.C14H12/c1-27-19-13-15-25-23(17-19)24-18-20(28-2)14-16-26(24)29(25,21-9-5-3-6-10-21)22-11-7-4-8-12-22;1-21-14-8-10-19-17(12-14)18-13-15(22-2)9-11-20(18)23(19)16-6-4-3-5-7-16;1-19-13-7-9-17-15(11-13)16-12-14(20-2)8-10-18(16)22(5,6)21(17,3)4;1-15(2)13-9-5-3-7-11(13)12-8-4-6-10-14(12)15;1-15-9-3-5-13-11(7-9)12-8-10(16-2)4-6-14(12)18-17-13;1-3-7-13-11(5-1)9-10-12-6-2-4-8-14(12)13/h3-18H,1-2H3;3-13H,1-2H3;7-12H,1-6H3;3-10H,1-2H3;3-8H,1-2H3;1-8H,9-10H2. The van der Waals surface area contributed by atoms with Gasteiger partial charge in [-0.15, -0.1) is 0 Å². The summed E-state index contributed by atoms with van der Waals surface area (Å²) < 4.78 is 43.5. The maximum Gasteiger partial charge on any atom is 0.180 e. The molecule has 121 heavy (non-hydrogen) atoms. The van der Waals surface area contributed by atoms with Crippen LogP contribution in [-0.2, 0) is 18.3 Å². The Morgan fingerprint density at radius 1 is 0.264 bits per heavy atom. The smallest absolute Gasteiger partial charge is 0.180 e. The predicted octanol–water partition coefficient (Wildman–Crippen LogP) is 24.3. The molecule has 21 rings (SSSR count). The Hall–Kier alpha value is -11.6. The van der Waals surface area contributed by atoms with E-state index in [2.05, 4.69) is 362 Å². The van der Waals surface area contributed by atoms with Gasteiger partial charge in [-0.2, -0.15) is 0 Å². The van der Waals surface area contributed by atoms with Crippen molar-refractivity contribution in [3.8, 4) is 107 Å². The van der Waals surface area contributed by atoms with Crippen LogP contribution in [0, 0.1) is 0 Å². The van der Waals surface area contributed by atoms with Crippen molar-refractivity contribution in [2.75, 3.05) is 56.9 Å². The SMILES string of the molecule is CC1(C)c2ccccc2-c2ccccc21.COc1ccc2c(c1)-c1cc(OC)ccc1SS2.COc1ccc2c(c1)-c1cc(OC)ccc1[Si](C)(C)[Si]2(C)C.COc1ccc2c(c1)-c1cc(OC)ccc1[Si]2(c1ccccc1)c1ccccc1.COc1ccc2c(c1)c1cc(OC)ccc1p2-c1ccccc1.c1ccc2c(c1)CCc1ccccc1-2. The fraction of sp³-hybridized carbons (Fsp3) is 0.159. The van der Waals surface area contributed by atoms with Crippen LogP contribution < -0.4 is 69.0 Å². The molecule has 0 saturated heterocycles. The average Bonchev–Trinajstić information content (AvgIpc) is 1.45. The lowest BCUT2D eigenvalue weighted by molar-refractivity contribution is 0.414. The molecule has 5 aliphatic rings. The Morgan fingerprint density at radius 3 is 0.909 bits per heavy atom. The number of aryl methyl sites for hydroxylation is 2. The maximum absolute atomic E-state index is 5.57. The zero-order valence-electron chi connectivity index (χ0n) is 71.2. The molecule has 0 N–H and O–H groups in total. The first-order valence-electron chi connectivity index (χ1n) is 41.0. The van der Waals surface area contributed by atoms with E-state index >= 15 is 0 Å². The Labute approximate surface area is 724 Å². The van der Waals surface area contributed by atoms with Gasteiger partial charge in [-0.1, -0.05) is 292 Å². The molecule has 0 spiro atoms. The number of benzene rings is 15. The first kappa shape index (κ1) is 83.0. The third-order valence-electron chi connectivity index (χ3n) is 25.2. The van der Waals surface area contributed by atoms with Gasteiger partial charge in [0.1, 0.15) is 46.0 Å². The van der Waals surface area contributed by atoms with Crippen LogP contribution in [-0.4, -0.2) is 80.1 Å². The van der Waals surface area contributed by atoms with Crippen LogP contribution in [0.1, 0.15) is 36.1 Å². The number of ether oxygens (including phenoxy) is 8. The Bertz CT molecular complexity index is 6100. The Kier molecular flexibility index (Phi) is 24.4. The fourth-order valence-electron chi connectivity index (χ4n) is 18.2. The van der Waals surface area contributed by atoms with E-state index in [1.165, 1.54) is 148 Å². The average molecular weight is 1690 g/mol. The highest BCUT2D eigenvalue weighted by Gasteiger charge is 2.51. The highest BCUT2D eigenvalue weighted by molar-refractivity contribution is 8.76. The largest absolute Gasteiger partial charge is 0.497 e. The summed E-state index contributed by atoms with van der Waals surface area (Å²) in [7, 11) is 11.3. The van der Waals surface area contributed by atoms with Crippen LogP contribution in [0.5, 0.6) is 46.0 Å². The lowest BCUT2D eigenvalue weighted by Gasteiger charge is -2.45. The van der Waals surface area contributed by atoms with E-state index in [0.717, 1.165) is 46.0 Å². The molecule has 0 atom stereocenters. The minimum absolute atomic E-state index is 0.160. The van der Waals surface area contributed by atoms with E-state index in [9.17, 15) is 0 Å². The van der Waals surface area contributed by atoms with Gasteiger partial charge in [0.25, 0.3) is 0 Å². The topological polar surface area (TPSA) is 73.8 Å². The summed E-state index contributed by atoms with van der Waals surface area (Å²) in [5.41, 5.74) is 19.3. The molecule has 4 heterocycles. The predicted molar refractivity (Wildman–Crippen MR) is 520 cm³/mol. The molecule has 3 aliphatic heterocycles. The monoisotopic (exact) mass is 1690 g/mol. The molecule has 0 unspecified atom stereocenters. The van der Waals surface area contributed by atoms with Crippen LogP contribution in [0.25, 0.3) is 81.9 Å². The van der Waals surface area contributed by atoms with Crippen LogP contribution in [0.4, 0.5) is 0 Å². The summed E-state index contributed by atoms with van der Waals surface area (Å²) in [5.74, 6) is 7.17. The second-order valence-corrected chi connectivity index (χ2v) is 55.4. The molecule has 2 aliphatic carbocycles. The number of rotatable bonds is 11. The summed E-state index contributed by atoms with van der Waals surface area (Å²) in [5, 5.41) is 15.4. The molecule has 14 heteroatoms. The molecular formula is C107H101O8PS2Si3. The first-order chi connectivity index (χ1) is 58.9. The molecule has 1 aromatic heterocycles. The van der Waals surface area contributed by atoms with Crippen LogP contribution in [0.3, 0.4) is 0 Å². The molecule has 0 radical (unpaired) electrons. The summed E-state index contributed by atoms with van der Waals surface area (Å²) in [6, 6.07) is 119. The summed E-state index contributed by atoms with van der Waals surface area (Å²) in [6.07, 6.45) is 2.38. The van der Waals surface area contributed by atoms with Crippen molar-refractivity contribution in [2.24, 2.45) is 0 Å². The molecule has 16 aromatic rings. The lowest BCUT2D eigenvalue weighted by Crippen LogP contribution is -2.72. The second-order valence-electron chi connectivity index (χ2n) is 32.2. The quantitative estimate of drug-likeness (QED) is 0.0923. The van der Waals surface area contributed by atoms with Gasteiger partial charge in [0.15, 0.2) is 8.07 Å². The number of fused-ring (bicyclic) bond motifs is 18. The Balaban J connectivity index is 0.000000110. The zero-order valence-corrected chi connectivity index (χ0v) is 76.7. The van der Waals surface area contributed by atoms with Crippen molar-refractivity contribution in [2.45, 2.75) is 68.1 Å². The number of methoxy groups -OCH3 is 8. The molecule has 606 valence electrons. The van der Waals surface area contributed by atoms with Crippen molar-refractivity contribution in [1.82, 2.24) is 0 Å². The van der Waals surface area contributed by atoms with Crippen LogP contribution in [0.2, 0.25) is 26.2 Å². The summed E-state index contributed by atoms with van der Waals surface area (Å²) >= 11 is 0. The second kappa shape index (κ2) is 35.6. The molecule has 15 aromatic carbocycles. The first-order valence-corrected chi connectivity index (χ1v) is 53.5. The fourth-order valence-corrected chi connectivity index (χ4v) is 37.7. The van der Waals surface area contributed by atoms with Crippen LogP contribution in [0.15, 0.2) is 343 Å². The molecular weight excluding hydrogens is 1590 g/mol. The van der Waals surface area contributed by atoms with Gasteiger partial charge < -0.3 is 37.9 Å². The third kappa shape index (κ3) is 15.7. The summed E-state index contributed by atoms with van der Waals surface area (Å²) in [6.45, 7) is 14.7. The normalized spacial score (nSPS) is 13.8. The molecule has 8 nitrogen and oxygen atoms in total. The van der Waals surface area contributed by atoms with Gasteiger partial charge in [-0.3, -0.25) is 0 Å². The van der Waals surface area contributed by atoms with Crippen molar-refractivity contribution >= 4 is 105 Å². The van der Waals surface area contributed by atoms with E-state index in [1.54, 1.807) is 88.8 Å². The lowest BCUT2D eigenvalue weighted by atomic mass is 9.82. The van der Waals surface area contributed by atoms with Gasteiger partial charge in [-0.25, -0.2) is 0 Å². The maximum atomic E-state index is 5.57. The molecule has 0 amide bonds. The highest BCUT2D eigenvalue weighted by atomic mass is 33.1. The molecule has 0 bridgehead atoms. The van der Waals surface area contributed by atoms with Crippen molar-refractivity contribution < 1.29 is 37.9 Å². The molecule has 0 saturated carbocycles. The van der Waals surface area contributed by atoms with Gasteiger partial charge in [0.2, 0.25) is 0 Å². The number of hydrogen-bond donors (Lipinski definition) is 0. The van der Waals surface area contributed by atoms with Gasteiger partial charge in [0, 0.05) is 36.6 Å². The molecule has 0 fully saturated rings. The van der Waals surface area contributed by atoms with E-state index in [0.29, 0.717) is 0 Å². The zero-order chi connectivity index (χ0) is 84.2. The summed E-state index contributed by atoms with van der Waals surface area (Å²) in [4.78, 5) is 2.53. The third-order valence-corrected chi connectivity index (χ3v) is 52.8. The Morgan fingerprint density at radius 2 is 0.545 bits per heavy atom. The van der Waals surface area contributed by atoms with Crippen LogP contribution >= 0.6 is 29.1 Å². The van der Waals surface area contributed by atoms with Gasteiger partial charge >= 0.3 is 0 Å². The highest BCUT2D eigenvalue weighted by Crippen LogP contribution is 2.57. The minimum atomic E-state index is -2.41. The van der Waals surface area contributed by atoms with Crippen molar-refractivity contribution in [3.63, 3.8) is 0 Å². The van der Waals surface area contributed by atoms with Gasteiger partial charge in [0.05, 0.1) is 72.1 Å². The van der Waals surface area contributed by atoms with Gasteiger partial charge in [-0.05, 0) is 238 Å².